The first-order valence-electron chi connectivity index (χ1n) is 26.3. The molecule has 420 valence electrons. The van der Waals surface area contributed by atoms with E-state index in [2.05, 4.69) is 41.9 Å². The van der Waals surface area contributed by atoms with Crippen LogP contribution < -0.4 is 21.3 Å². The van der Waals surface area contributed by atoms with E-state index in [4.69, 9.17) is 18.9 Å². The van der Waals surface area contributed by atoms with Crippen molar-refractivity contribution < 1.29 is 66.0 Å². The second-order valence-electron chi connectivity index (χ2n) is 18.1. The summed E-state index contributed by atoms with van der Waals surface area (Å²) >= 11 is 1.40. The summed E-state index contributed by atoms with van der Waals surface area (Å²) in [5.74, 6) is -1.66. The van der Waals surface area contributed by atoms with Gasteiger partial charge < -0.3 is 45.3 Å². The zero-order chi connectivity index (χ0) is 53.6. The van der Waals surface area contributed by atoms with Crippen LogP contribution in [0.3, 0.4) is 0 Å². The quantitative estimate of drug-likeness (QED) is 0.0507. The van der Waals surface area contributed by atoms with E-state index in [1.807, 2.05) is 0 Å². The van der Waals surface area contributed by atoms with Gasteiger partial charge in [-0.1, -0.05) is 95.1 Å². The highest BCUT2D eigenvalue weighted by atomic mass is 32.2. The number of ether oxygens (including phenoxy) is 4. The van der Waals surface area contributed by atoms with Gasteiger partial charge >= 0.3 is 5.97 Å². The van der Waals surface area contributed by atoms with E-state index in [1.54, 1.807) is 7.05 Å². The third-order valence-corrected chi connectivity index (χ3v) is 14.3. The van der Waals surface area contributed by atoms with Crippen LogP contribution in [0.25, 0.3) is 0 Å². The molecule has 0 aromatic carbocycles. The average Bonchev–Trinajstić information content (AvgIpc) is 3.87. The maximum atomic E-state index is 12.4. The third-order valence-electron chi connectivity index (χ3n) is 11.6. The highest BCUT2D eigenvalue weighted by Gasteiger charge is 2.20. The maximum Gasteiger partial charge on any atom is 0.326 e. The largest absolute Gasteiger partial charge is 0.480 e. The van der Waals surface area contributed by atoms with Crippen LogP contribution >= 0.6 is 11.8 Å². The van der Waals surface area contributed by atoms with E-state index in [9.17, 15) is 47.1 Å². The molecule has 2 atom stereocenters. The molecule has 24 heteroatoms. The Morgan fingerprint density at radius 1 is 0.616 bits per heavy atom. The van der Waals surface area contributed by atoms with Crippen molar-refractivity contribution in [3.8, 4) is 0 Å². The van der Waals surface area contributed by atoms with Crippen LogP contribution in [0.5, 0.6) is 0 Å². The minimum atomic E-state index is -3.58. The molecule has 0 unspecified atom stereocenters. The zero-order valence-electron chi connectivity index (χ0n) is 43.7. The number of amides is 3. The van der Waals surface area contributed by atoms with Gasteiger partial charge in [0.15, 0.2) is 15.7 Å². The monoisotopic (exact) mass is 1080 g/mol. The molecule has 73 heavy (non-hydrogen) atoms. The number of Topliss-reactive ketones (excluding diaryl/α,β-unsaturated/α-hetero) is 3. The van der Waals surface area contributed by atoms with Crippen molar-refractivity contribution in [2.75, 3.05) is 96.0 Å². The number of aromatic nitrogens is 4. The molecule has 3 amide bonds. The van der Waals surface area contributed by atoms with Gasteiger partial charge in [0, 0.05) is 44.5 Å². The van der Waals surface area contributed by atoms with Gasteiger partial charge in [-0.15, -0.1) is 10.2 Å². The Kier molecular flexibility index (Phi) is 41.8. The number of tetrazole rings is 1. The van der Waals surface area contributed by atoms with Crippen molar-refractivity contribution in [2.45, 2.75) is 167 Å². The number of sulfone groups is 1. The molecule has 0 spiro atoms. The van der Waals surface area contributed by atoms with E-state index in [0.29, 0.717) is 43.6 Å². The summed E-state index contributed by atoms with van der Waals surface area (Å²) in [5, 5.41) is 34.1. The van der Waals surface area contributed by atoms with Crippen molar-refractivity contribution in [3.63, 3.8) is 0 Å². The molecule has 0 saturated heterocycles. The normalized spacial score (nSPS) is 12.3. The van der Waals surface area contributed by atoms with Crippen molar-refractivity contribution in [1.29, 1.82) is 0 Å². The number of H-pyrrole nitrogens is 1. The number of aliphatic carboxylic acids is 1. The number of aromatic amines is 1. The lowest BCUT2D eigenvalue weighted by Gasteiger charge is -2.14. The molecule has 0 aliphatic rings. The Labute approximate surface area is 437 Å². The number of carbonyl (C=O) groups is 7. The van der Waals surface area contributed by atoms with Gasteiger partial charge in [0.1, 0.15) is 42.4 Å². The number of carboxylic acid groups (broad SMARTS) is 1. The minimum Gasteiger partial charge on any atom is -0.480 e. The van der Waals surface area contributed by atoms with E-state index < -0.39 is 33.5 Å². The van der Waals surface area contributed by atoms with Gasteiger partial charge in [-0.2, -0.15) is 17.0 Å². The first kappa shape index (κ1) is 67.1. The van der Waals surface area contributed by atoms with E-state index >= 15 is 0 Å². The fourth-order valence-electron chi connectivity index (χ4n) is 7.40. The Balaban J connectivity index is 1.90. The number of rotatable bonds is 53. The molecule has 1 aromatic rings. The molecule has 1 heterocycles. The molecule has 6 N–H and O–H groups in total. The summed E-state index contributed by atoms with van der Waals surface area (Å²) in [6.07, 6.45) is 19.8. The molecule has 0 saturated carbocycles. The summed E-state index contributed by atoms with van der Waals surface area (Å²) in [6, 6.07) is -1.36. The van der Waals surface area contributed by atoms with Crippen molar-refractivity contribution in [3.05, 3.63) is 5.82 Å². The fourth-order valence-corrected chi connectivity index (χ4v) is 9.89. The third kappa shape index (κ3) is 42.0. The molecule has 0 aliphatic carbocycles. The molecular weight excluding hydrogens is 989 g/mol. The number of likely N-dealkylation sites (N-methyl/N-ethyl adjacent to an activating group) is 1. The number of nitrogens with one attached hydrogen (secondary N) is 5. The molecule has 0 fully saturated rings. The van der Waals surface area contributed by atoms with Gasteiger partial charge in [0.2, 0.25) is 17.7 Å². The summed E-state index contributed by atoms with van der Waals surface area (Å²) < 4.78 is 46.2. The topological polar surface area (TPSA) is 313 Å². The smallest absolute Gasteiger partial charge is 0.326 e. The standard InChI is InChI=1S/C49H88N8O14S2/c1-40(58)44(50-2)38-72-37-41(59)21-17-15-18-23-43(49(64)65)53-48(63)36-71-33-31-69-29-27-52-47(62)35-70-32-30-68-28-26-51-46(61)25-20-34-73(66,67)39-42(60)22-16-13-11-9-7-5-3-4-6-8-10-12-14-19-24-45-54-56-57-55-45/h43-44,50H,3-39H2,1-2H3,(H,51,61)(H,52,62)(H,53,63)(H,64,65)(H,54,55,56,57)/t43-,44-/m0/s1. The highest BCUT2D eigenvalue weighted by Crippen LogP contribution is 2.15. The van der Waals surface area contributed by atoms with Gasteiger partial charge in [0.25, 0.3) is 0 Å². The summed E-state index contributed by atoms with van der Waals surface area (Å²) in [7, 11) is -1.87. The van der Waals surface area contributed by atoms with Crippen LogP contribution in [-0.4, -0.2) is 183 Å². The van der Waals surface area contributed by atoms with Crippen molar-refractivity contribution in [2.24, 2.45) is 0 Å². The van der Waals surface area contributed by atoms with Gasteiger partial charge in [-0.3, -0.25) is 28.8 Å². The Bertz CT molecular complexity index is 1760. The van der Waals surface area contributed by atoms with E-state index in [0.717, 1.165) is 37.9 Å². The van der Waals surface area contributed by atoms with Crippen LogP contribution in [0, 0.1) is 0 Å². The van der Waals surface area contributed by atoms with Crippen LogP contribution in [0.4, 0.5) is 0 Å². The number of hydrogen-bond acceptors (Lipinski definition) is 18. The van der Waals surface area contributed by atoms with Gasteiger partial charge in [0.05, 0.1) is 57.2 Å². The van der Waals surface area contributed by atoms with E-state index in [-0.39, 0.29) is 133 Å². The van der Waals surface area contributed by atoms with Gasteiger partial charge in [-0.25, -0.2) is 13.2 Å². The molecule has 0 radical (unpaired) electrons. The Hall–Kier alpha value is -3.94. The average molecular weight is 1080 g/mol. The molecule has 0 bridgehead atoms. The SMILES string of the molecule is CN[C@@H](CSCC(=O)CCCCC[C@H](NC(=O)COCCOCCNC(=O)COCCOCCNC(=O)CCCS(=O)(=O)CC(=O)CCCCCCCCCCCCCCCCc1nn[nH]n1)C(=O)O)C(C)=O. The predicted molar refractivity (Wildman–Crippen MR) is 278 cm³/mol. The minimum absolute atomic E-state index is 0.0182. The molecule has 1 aromatic heterocycles. The van der Waals surface area contributed by atoms with Crippen LogP contribution in [-0.2, 0) is 68.8 Å². The Morgan fingerprint density at radius 2 is 1.14 bits per heavy atom. The zero-order valence-corrected chi connectivity index (χ0v) is 45.4. The summed E-state index contributed by atoms with van der Waals surface area (Å²) in [5.41, 5.74) is 0. The molecule has 1 rings (SSSR count). The van der Waals surface area contributed by atoms with Crippen LogP contribution in [0.1, 0.15) is 154 Å². The first-order valence-corrected chi connectivity index (χ1v) is 29.3. The lowest BCUT2D eigenvalue weighted by Crippen LogP contribution is -2.42. The highest BCUT2D eigenvalue weighted by molar-refractivity contribution is 8.00. The van der Waals surface area contributed by atoms with Crippen molar-refractivity contribution in [1.82, 2.24) is 41.9 Å². The molecule has 22 nitrogen and oxygen atoms in total. The van der Waals surface area contributed by atoms with Crippen LogP contribution in [0.15, 0.2) is 0 Å². The lowest BCUT2D eigenvalue weighted by atomic mass is 10.0. The summed E-state index contributed by atoms with van der Waals surface area (Å²) in [4.78, 5) is 83.8. The number of hydrogen-bond donors (Lipinski definition) is 6. The predicted octanol–water partition coefficient (Wildman–Crippen LogP) is 3.66. The maximum absolute atomic E-state index is 12.4. The first-order chi connectivity index (χ1) is 35.2. The number of nitrogens with zero attached hydrogens (tertiary/aromatic N) is 3. The second kappa shape index (κ2) is 45.5. The number of unbranched alkanes of at least 4 members (excludes halogenated alkanes) is 15. The lowest BCUT2D eigenvalue weighted by molar-refractivity contribution is -0.142. The van der Waals surface area contributed by atoms with Gasteiger partial charge in [-0.05, 0) is 46.1 Å². The molecule has 0 aliphatic heterocycles. The number of thioether (sulfide) groups is 1. The number of ketones is 3. The number of carboxylic acids is 1. The summed E-state index contributed by atoms with van der Waals surface area (Å²) in [6.45, 7) is 2.33. The number of carbonyl (C=O) groups excluding carboxylic acids is 6. The molecular formula is C49H88N8O14S2. The number of aryl methyl sites for hydroxylation is 1. The van der Waals surface area contributed by atoms with Crippen molar-refractivity contribution >= 4 is 62.6 Å². The fraction of sp³-hybridized carbons (Fsp3) is 0.837. The van der Waals surface area contributed by atoms with E-state index in [1.165, 1.54) is 76.5 Å². The van der Waals surface area contributed by atoms with Crippen LogP contribution in [0.2, 0.25) is 0 Å². The Morgan fingerprint density at radius 3 is 1.68 bits per heavy atom. The second-order valence-corrected chi connectivity index (χ2v) is 21.3.